The van der Waals surface area contributed by atoms with E-state index < -0.39 is 17.4 Å². The van der Waals surface area contributed by atoms with Crippen molar-refractivity contribution in [2.75, 3.05) is 0 Å². The van der Waals surface area contributed by atoms with Crippen molar-refractivity contribution < 1.29 is 14.7 Å². The van der Waals surface area contributed by atoms with Crippen molar-refractivity contribution in [3.8, 4) is 0 Å². The molecule has 84 valence electrons. The second-order valence-corrected chi connectivity index (χ2v) is 4.50. The highest BCUT2D eigenvalue weighted by Gasteiger charge is 2.51. The zero-order valence-electron chi connectivity index (χ0n) is 8.24. The molecular formula is C10H9BrN2O3. The van der Waals surface area contributed by atoms with Crippen molar-refractivity contribution in [2.24, 2.45) is 0 Å². The Labute approximate surface area is 100 Å². The number of carbonyl (C=O) groups excluding carboxylic acids is 1. The number of pyridine rings is 1. The molecule has 0 radical (unpaired) electrons. The first-order chi connectivity index (χ1) is 7.53. The monoisotopic (exact) mass is 284 g/mol. The van der Waals surface area contributed by atoms with E-state index >= 15 is 0 Å². The first-order valence-electron chi connectivity index (χ1n) is 4.72. The number of hydrogen-bond donors (Lipinski definition) is 2. The fourth-order valence-electron chi connectivity index (χ4n) is 1.33. The standard InChI is InChI=1S/C10H9BrN2O3/c11-7-3-1-2-6(12-7)8(14)13-10(4-5-10)9(15)16/h1-3H,4-5H2,(H,13,14)(H,15,16). The minimum Gasteiger partial charge on any atom is -0.480 e. The van der Waals surface area contributed by atoms with E-state index in [4.69, 9.17) is 5.11 Å². The van der Waals surface area contributed by atoms with Gasteiger partial charge in [-0.15, -0.1) is 0 Å². The van der Waals surface area contributed by atoms with E-state index in [-0.39, 0.29) is 5.69 Å². The number of amides is 1. The van der Waals surface area contributed by atoms with Gasteiger partial charge in [0.25, 0.3) is 5.91 Å². The summed E-state index contributed by atoms with van der Waals surface area (Å²) in [4.78, 5) is 26.5. The molecule has 2 N–H and O–H groups in total. The van der Waals surface area contributed by atoms with Crippen molar-refractivity contribution in [1.29, 1.82) is 0 Å². The quantitative estimate of drug-likeness (QED) is 0.818. The molecule has 0 atom stereocenters. The number of rotatable bonds is 3. The Bertz CT molecular complexity index is 457. The minimum absolute atomic E-state index is 0.210. The lowest BCUT2D eigenvalue weighted by Crippen LogP contribution is -2.43. The van der Waals surface area contributed by atoms with Gasteiger partial charge in [-0.1, -0.05) is 6.07 Å². The van der Waals surface area contributed by atoms with Crippen LogP contribution in [0.2, 0.25) is 0 Å². The molecule has 6 heteroatoms. The van der Waals surface area contributed by atoms with E-state index in [1.165, 1.54) is 6.07 Å². The minimum atomic E-state index is -1.07. The van der Waals surface area contributed by atoms with Crippen molar-refractivity contribution in [2.45, 2.75) is 18.4 Å². The van der Waals surface area contributed by atoms with E-state index in [0.29, 0.717) is 17.4 Å². The van der Waals surface area contributed by atoms with Gasteiger partial charge in [-0.2, -0.15) is 0 Å². The van der Waals surface area contributed by atoms with Gasteiger partial charge in [0, 0.05) is 0 Å². The SMILES string of the molecule is O=C(NC1(C(=O)O)CC1)c1cccc(Br)n1. The molecule has 1 saturated carbocycles. The Morgan fingerprint density at radius 1 is 1.44 bits per heavy atom. The normalized spacial score (nSPS) is 16.6. The Kier molecular flexibility index (Phi) is 2.67. The van der Waals surface area contributed by atoms with Crippen LogP contribution in [-0.2, 0) is 4.79 Å². The van der Waals surface area contributed by atoms with Gasteiger partial charge in [0.15, 0.2) is 0 Å². The van der Waals surface area contributed by atoms with Crippen molar-refractivity contribution in [3.05, 3.63) is 28.5 Å². The van der Waals surface area contributed by atoms with Gasteiger partial charge in [0.1, 0.15) is 15.8 Å². The fourth-order valence-corrected chi connectivity index (χ4v) is 1.68. The molecule has 0 spiro atoms. The molecule has 0 unspecified atom stereocenters. The number of halogens is 1. The van der Waals surface area contributed by atoms with E-state index in [1.807, 2.05) is 0 Å². The smallest absolute Gasteiger partial charge is 0.329 e. The first kappa shape index (κ1) is 11.1. The molecule has 1 amide bonds. The van der Waals surface area contributed by atoms with Gasteiger partial charge in [0.05, 0.1) is 0 Å². The summed E-state index contributed by atoms with van der Waals surface area (Å²) in [5.74, 6) is -1.45. The zero-order valence-corrected chi connectivity index (χ0v) is 9.82. The predicted molar refractivity (Wildman–Crippen MR) is 59.0 cm³/mol. The molecule has 1 heterocycles. The number of carboxylic acids is 1. The van der Waals surface area contributed by atoms with Crippen LogP contribution in [-0.4, -0.2) is 27.5 Å². The molecule has 0 saturated heterocycles. The van der Waals surface area contributed by atoms with Crippen molar-refractivity contribution >= 4 is 27.8 Å². The van der Waals surface area contributed by atoms with Crippen LogP contribution < -0.4 is 5.32 Å². The lowest BCUT2D eigenvalue weighted by Gasteiger charge is -2.11. The van der Waals surface area contributed by atoms with E-state index in [9.17, 15) is 9.59 Å². The molecule has 16 heavy (non-hydrogen) atoms. The summed E-state index contributed by atoms with van der Waals surface area (Å²) in [6, 6.07) is 4.91. The highest BCUT2D eigenvalue weighted by molar-refractivity contribution is 9.10. The van der Waals surface area contributed by atoms with Crippen LogP contribution in [0.3, 0.4) is 0 Å². The van der Waals surface area contributed by atoms with Gasteiger partial charge in [-0.25, -0.2) is 9.78 Å². The fraction of sp³-hybridized carbons (Fsp3) is 0.300. The molecule has 2 rings (SSSR count). The molecule has 1 aromatic rings. The summed E-state index contributed by atoms with van der Waals surface area (Å²) in [6.45, 7) is 0. The largest absolute Gasteiger partial charge is 0.480 e. The van der Waals surface area contributed by atoms with Gasteiger partial charge < -0.3 is 10.4 Å². The average molecular weight is 285 g/mol. The van der Waals surface area contributed by atoms with Crippen molar-refractivity contribution in [1.82, 2.24) is 10.3 Å². The summed E-state index contributed by atoms with van der Waals surface area (Å²) in [7, 11) is 0. The lowest BCUT2D eigenvalue weighted by molar-refractivity contribution is -0.140. The number of aromatic nitrogens is 1. The third-order valence-corrected chi connectivity index (χ3v) is 2.90. The lowest BCUT2D eigenvalue weighted by atomic mass is 10.2. The van der Waals surface area contributed by atoms with Gasteiger partial charge in [-0.3, -0.25) is 4.79 Å². The van der Waals surface area contributed by atoms with Crippen LogP contribution in [0.5, 0.6) is 0 Å². The summed E-state index contributed by atoms with van der Waals surface area (Å²) >= 11 is 3.15. The molecule has 1 aromatic heterocycles. The number of nitrogens with one attached hydrogen (secondary N) is 1. The van der Waals surface area contributed by atoms with Crippen molar-refractivity contribution in [3.63, 3.8) is 0 Å². The third-order valence-electron chi connectivity index (χ3n) is 2.46. The van der Waals surface area contributed by atoms with Gasteiger partial charge in [0.2, 0.25) is 0 Å². The third kappa shape index (κ3) is 2.06. The molecule has 5 nitrogen and oxygen atoms in total. The number of nitrogens with zero attached hydrogens (tertiary/aromatic N) is 1. The summed E-state index contributed by atoms with van der Waals surface area (Å²) < 4.78 is 0.542. The number of carbonyl (C=O) groups is 2. The van der Waals surface area contributed by atoms with Crippen LogP contribution in [0.4, 0.5) is 0 Å². The Hall–Kier alpha value is -1.43. The second-order valence-electron chi connectivity index (χ2n) is 3.69. The van der Waals surface area contributed by atoms with Gasteiger partial charge >= 0.3 is 5.97 Å². The van der Waals surface area contributed by atoms with Gasteiger partial charge in [-0.05, 0) is 40.9 Å². The Morgan fingerprint density at radius 3 is 2.62 bits per heavy atom. The summed E-state index contributed by atoms with van der Waals surface area (Å²) in [6.07, 6.45) is 0.949. The number of carboxylic acid groups (broad SMARTS) is 1. The van der Waals surface area contributed by atoms with E-state index in [1.54, 1.807) is 12.1 Å². The van der Waals surface area contributed by atoms with E-state index in [2.05, 4.69) is 26.2 Å². The molecule has 1 aliphatic carbocycles. The maximum atomic E-state index is 11.7. The molecule has 0 aliphatic heterocycles. The molecular weight excluding hydrogens is 276 g/mol. The predicted octanol–water partition coefficient (Wildman–Crippen LogP) is 1.19. The van der Waals surface area contributed by atoms with E-state index in [0.717, 1.165) is 0 Å². The Morgan fingerprint density at radius 2 is 2.12 bits per heavy atom. The number of aliphatic carboxylic acids is 1. The molecule has 1 fully saturated rings. The summed E-state index contributed by atoms with van der Waals surface area (Å²) in [5.41, 5.74) is -0.858. The van der Waals surface area contributed by atoms with Crippen LogP contribution in [0.25, 0.3) is 0 Å². The number of hydrogen-bond acceptors (Lipinski definition) is 3. The topological polar surface area (TPSA) is 79.3 Å². The average Bonchev–Trinajstić information content (AvgIpc) is 2.99. The maximum Gasteiger partial charge on any atom is 0.329 e. The highest BCUT2D eigenvalue weighted by atomic mass is 79.9. The molecule has 0 bridgehead atoms. The highest BCUT2D eigenvalue weighted by Crippen LogP contribution is 2.35. The van der Waals surface area contributed by atoms with Crippen LogP contribution in [0.15, 0.2) is 22.8 Å². The molecule has 0 aromatic carbocycles. The van der Waals surface area contributed by atoms with Crippen LogP contribution >= 0.6 is 15.9 Å². The second kappa shape index (κ2) is 3.86. The molecule has 1 aliphatic rings. The first-order valence-corrected chi connectivity index (χ1v) is 5.51. The summed E-state index contributed by atoms with van der Waals surface area (Å²) in [5, 5.41) is 11.4. The Balaban J connectivity index is 2.12. The van der Waals surface area contributed by atoms with Crippen LogP contribution in [0.1, 0.15) is 23.3 Å². The maximum absolute atomic E-state index is 11.7. The zero-order chi connectivity index (χ0) is 11.8. The van der Waals surface area contributed by atoms with Crippen LogP contribution in [0, 0.1) is 0 Å².